The zero-order chi connectivity index (χ0) is 13.3. The molecule has 0 unspecified atom stereocenters. The van der Waals surface area contributed by atoms with Crippen molar-refractivity contribution in [2.75, 3.05) is 0 Å². The van der Waals surface area contributed by atoms with Crippen LogP contribution in [0.4, 0.5) is 0 Å². The van der Waals surface area contributed by atoms with Crippen LogP contribution in [0.1, 0.15) is 5.56 Å². The van der Waals surface area contributed by atoms with Gasteiger partial charge in [0.2, 0.25) is 0 Å². The van der Waals surface area contributed by atoms with Gasteiger partial charge in [0.1, 0.15) is 21.5 Å². The van der Waals surface area contributed by atoms with Crippen LogP contribution >= 0.6 is 43.2 Å². The maximum absolute atomic E-state index is 11.7. The maximum Gasteiger partial charge on any atom is 0.343 e. The third-order valence-corrected chi connectivity index (χ3v) is 4.61. The topological polar surface area (TPSA) is 77.8 Å². The van der Waals surface area contributed by atoms with Gasteiger partial charge in [0.05, 0.1) is 9.35 Å². The molecule has 0 aliphatic carbocycles. The number of hydrogen-bond acceptors (Lipinski definition) is 5. The number of hydrogen-bond donors (Lipinski definition) is 0. The number of halogens is 2. The first-order valence-electron chi connectivity index (χ1n) is 4.50. The highest BCUT2D eigenvalue weighted by Crippen LogP contribution is 2.38. The highest BCUT2D eigenvalue weighted by Gasteiger charge is 2.13. The van der Waals surface area contributed by atoms with Gasteiger partial charge < -0.3 is 4.42 Å². The largest absolute Gasteiger partial charge is 0.420 e. The van der Waals surface area contributed by atoms with Gasteiger partial charge in [0.15, 0.2) is 5.58 Å². The summed E-state index contributed by atoms with van der Waals surface area (Å²) >= 11 is 8.02. The molecule has 0 amide bonds. The zero-order valence-electron chi connectivity index (χ0n) is 8.53. The Hall–Kier alpha value is -1.41. The fourth-order valence-electron chi connectivity index (χ4n) is 1.30. The molecule has 0 aliphatic heterocycles. The average Bonchev–Trinajstić information content (AvgIpc) is 2.62. The number of nitriles is 2. The standard InChI is InChI=1S/C11H2Br2N2O2S/c12-9-7-2-6(1-5(3-14)4-15)11(16)17-8(7)10(13)18-9/h1-2H. The fourth-order valence-corrected chi connectivity index (χ4v) is 4.18. The van der Waals surface area contributed by atoms with E-state index in [1.807, 2.05) is 0 Å². The molecule has 0 radical (unpaired) electrons. The summed E-state index contributed by atoms with van der Waals surface area (Å²) in [5.41, 5.74) is -0.111. The monoisotopic (exact) mass is 384 g/mol. The molecule has 0 atom stereocenters. The Kier molecular flexibility index (Phi) is 3.67. The van der Waals surface area contributed by atoms with Crippen molar-refractivity contribution in [2.45, 2.75) is 0 Å². The quantitative estimate of drug-likeness (QED) is 0.699. The van der Waals surface area contributed by atoms with Crippen LogP contribution in [0.3, 0.4) is 0 Å². The van der Waals surface area contributed by atoms with E-state index in [1.165, 1.54) is 17.4 Å². The molecule has 2 aromatic heterocycles. The van der Waals surface area contributed by atoms with E-state index in [-0.39, 0.29) is 11.1 Å². The molecule has 0 aromatic carbocycles. The van der Waals surface area contributed by atoms with E-state index in [0.29, 0.717) is 14.8 Å². The van der Waals surface area contributed by atoms with Crippen molar-refractivity contribution in [3.8, 4) is 12.1 Å². The summed E-state index contributed by atoms with van der Waals surface area (Å²) in [6.07, 6.45) is 1.21. The minimum absolute atomic E-state index is 0.146. The van der Waals surface area contributed by atoms with Crippen LogP contribution in [0.2, 0.25) is 0 Å². The molecule has 2 aromatic rings. The lowest BCUT2D eigenvalue weighted by Crippen LogP contribution is -2.02. The first kappa shape index (κ1) is 13.0. The van der Waals surface area contributed by atoms with Crippen LogP contribution in [0, 0.1) is 22.7 Å². The highest BCUT2D eigenvalue weighted by molar-refractivity contribution is 9.12. The third kappa shape index (κ3) is 2.25. The van der Waals surface area contributed by atoms with Gasteiger partial charge in [-0.25, -0.2) is 4.79 Å². The second-order valence-electron chi connectivity index (χ2n) is 3.16. The van der Waals surface area contributed by atoms with E-state index in [2.05, 4.69) is 31.9 Å². The van der Waals surface area contributed by atoms with Gasteiger partial charge in [0, 0.05) is 5.39 Å². The summed E-state index contributed by atoms with van der Waals surface area (Å²) in [5.74, 6) is 0. The average molecular weight is 386 g/mol. The van der Waals surface area contributed by atoms with E-state index >= 15 is 0 Å². The van der Waals surface area contributed by atoms with Crippen LogP contribution in [-0.4, -0.2) is 0 Å². The van der Waals surface area contributed by atoms with Crippen molar-refractivity contribution in [2.24, 2.45) is 0 Å². The minimum Gasteiger partial charge on any atom is -0.420 e. The summed E-state index contributed by atoms with van der Waals surface area (Å²) in [5, 5.41) is 18.0. The van der Waals surface area contributed by atoms with E-state index < -0.39 is 5.63 Å². The minimum atomic E-state index is -0.587. The van der Waals surface area contributed by atoms with Gasteiger partial charge >= 0.3 is 5.63 Å². The predicted molar refractivity (Wildman–Crippen MR) is 75.0 cm³/mol. The second-order valence-corrected chi connectivity index (χ2v) is 6.82. The fraction of sp³-hybridized carbons (Fsp3) is 0. The van der Waals surface area contributed by atoms with Crippen molar-refractivity contribution in [3.63, 3.8) is 0 Å². The Morgan fingerprint density at radius 3 is 2.61 bits per heavy atom. The number of fused-ring (bicyclic) bond motifs is 1. The molecule has 2 rings (SSSR count). The zero-order valence-corrected chi connectivity index (χ0v) is 12.5. The summed E-state index contributed by atoms with van der Waals surface area (Å²) in [4.78, 5) is 11.7. The van der Waals surface area contributed by atoms with Crippen LogP contribution in [0.5, 0.6) is 0 Å². The summed E-state index contributed by atoms with van der Waals surface area (Å²) in [6, 6.07) is 4.98. The van der Waals surface area contributed by atoms with Crippen molar-refractivity contribution < 1.29 is 4.42 Å². The Bertz CT molecular complexity index is 789. The van der Waals surface area contributed by atoms with E-state index in [1.54, 1.807) is 18.2 Å². The van der Waals surface area contributed by atoms with E-state index in [0.717, 1.165) is 3.79 Å². The Balaban J connectivity index is 2.76. The number of rotatable bonds is 1. The van der Waals surface area contributed by atoms with Gasteiger partial charge in [-0.05, 0) is 44.0 Å². The molecular formula is C11H2Br2N2O2S. The van der Waals surface area contributed by atoms with Crippen molar-refractivity contribution >= 4 is 60.2 Å². The molecule has 0 N–H and O–H groups in total. The summed E-state index contributed by atoms with van der Waals surface area (Å²) in [7, 11) is 0. The van der Waals surface area contributed by atoms with Crippen molar-refractivity contribution in [1.82, 2.24) is 0 Å². The predicted octanol–water partition coefficient (Wildman–Crippen LogP) is 3.81. The van der Waals surface area contributed by atoms with Crippen LogP contribution in [0.15, 0.2) is 28.4 Å². The third-order valence-electron chi connectivity index (χ3n) is 2.09. The van der Waals surface area contributed by atoms with Crippen LogP contribution < -0.4 is 5.63 Å². The molecular weight excluding hydrogens is 384 g/mol. The molecule has 2 heterocycles. The van der Waals surface area contributed by atoms with Crippen LogP contribution in [-0.2, 0) is 0 Å². The maximum atomic E-state index is 11.7. The smallest absolute Gasteiger partial charge is 0.343 e. The molecule has 0 fully saturated rings. The normalized spacial score (nSPS) is 9.78. The van der Waals surface area contributed by atoms with Crippen molar-refractivity contribution in [1.29, 1.82) is 10.5 Å². The van der Waals surface area contributed by atoms with Gasteiger partial charge in [0.25, 0.3) is 0 Å². The Morgan fingerprint density at radius 2 is 2.00 bits per heavy atom. The molecule has 0 saturated carbocycles. The highest BCUT2D eigenvalue weighted by atomic mass is 79.9. The lowest BCUT2D eigenvalue weighted by molar-refractivity contribution is 0.559. The first-order valence-corrected chi connectivity index (χ1v) is 6.90. The molecule has 7 heteroatoms. The van der Waals surface area contributed by atoms with Crippen molar-refractivity contribution in [3.05, 3.63) is 35.2 Å². The number of nitrogens with zero attached hydrogens (tertiary/aromatic N) is 2. The summed E-state index contributed by atoms with van der Waals surface area (Å²) < 4.78 is 6.66. The SMILES string of the molecule is N#CC(C#N)=Cc1cc2c(Br)sc(Br)c2oc1=O. The van der Waals surface area contributed by atoms with E-state index in [4.69, 9.17) is 14.9 Å². The second kappa shape index (κ2) is 5.07. The number of thiophene rings is 1. The molecule has 4 nitrogen and oxygen atoms in total. The molecule has 0 saturated heterocycles. The summed E-state index contributed by atoms with van der Waals surface area (Å²) in [6.45, 7) is 0. The lowest BCUT2D eigenvalue weighted by Gasteiger charge is -1.94. The first-order chi connectivity index (χ1) is 8.56. The Morgan fingerprint density at radius 1 is 1.33 bits per heavy atom. The molecule has 88 valence electrons. The van der Waals surface area contributed by atoms with Gasteiger partial charge in [-0.15, -0.1) is 11.3 Å². The Labute approximate surface area is 122 Å². The molecule has 0 spiro atoms. The van der Waals surface area contributed by atoms with Gasteiger partial charge in [-0.3, -0.25) is 0 Å². The van der Waals surface area contributed by atoms with Gasteiger partial charge in [-0.2, -0.15) is 10.5 Å². The lowest BCUT2D eigenvalue weighted by atomic mass is 10.2. The van der Waals surface area contributed by atoms with Crippen LogP contribution in [0.25, 0.3) is 17.0 Å². The molecule has 18 heavy (non-hydrogen) atoms. The molecule has 0 aliphatic rings. The van der Waals surface area contributed by atoms with Gasteiger partial charge in [-0.1, -0.05) is 0 Å². The molecule has 0 bridgehead atoms. The number of allylic oxidation sites excluding steroid dienone is 1. The van der Waals surface area contributed by atoms with E-state index in [9.17, 15) is 4.79 Å².